The van der Waals surface area contributed by atoms with E-state index in [1.807, 2.05) is 6.92 Å². The van der Waals surface area contributed by atoms with Crippen molar-refractivity contribution in [3.8, 4) is 0 Å². The molecule has 18 heavy (non-hydrogen) atoms. The quantitative estimate of drug-likeness (QED) is 0.829. The predicted molar refractivity (Wildman–Crippen MR) is 81.3 cm³/mol. The van der Waals surface area contributed by atoms with Gasteiger partial charge in [0.1, 0.15) is 5.82 Å². The smallest absolute Gasteiger partial charge is 0.124 e. The number of nitrogens with zero attached hydrogens (tertiary/aromatic N) is 1. The summed E-state index contributed by atoms with van der Waals surface area (Å²) < 4.78 is 13.9. The SMILES string of the molecule is Cc1nc(CC(N)c2ccc(F)cc2I)sc1C. The zero-order valence-corrected chi connectivity index (χ0v) is 13.2. The van der Waals surface area contributed by atoms with Crippen LogP contribution >= 0.6 is 33.9 Å². The number of rotatable bonds is 3. The van der Waals surface area contributed by atoms with Gasteiger partial charge in [-0.05, 0) is 54.1 Å². The Morgan fingerprint density at radius 3 is 2.72 bits per heavy atom. The second kappa shape index (κ2) is 5.63. The highest BCUT2D eigenvalue weighted by Crippen LogP contribution is 2.25. The summed E-state index contributed by atoms with van der Waals surface area (Å²) in [6, 6.07) is 4.58. The summed E-state index contributed by atoms with van der Waals surface area (Å²) in [7, 11) is 0. The first kappa shape index (κ1) is 13.9. The van der Waals surface area contributed by atoms with Crippen LogP contribution in [-0.2, 0) is 6.42 Å². The summed E-state index contributed by atoms with van der Waals surface area (Å²) in [6.07, 6.45) is 0.695. The zero-order valence-electron chi connectivity index (χ0n) is 10.2. The average Bonchev–Trinajstić information content (AvgIpc) is 2.57. The van der Waals surface area contributed by atoms with Crippen LogP contribution < -0.4 is 5.73 Å². The Balaban J connectivity index is 2.19. The molecular weight excluding hydrogens is 362 g/mol. The molecule has 0 aliphatic rings. The Hall–Kier alpha value is -0.530. The molecule has 0 saturated carbocycles. The molecule has 0 aliphatic carbocycles. The standard InChI is InChI=1S/C13H14FIN2S/c1-7-8(2)18-13(17-7)6-12(16)10-4-3-9(14)5-11(10)15/h3-5,12H,6,16H2,1-2H3. The monoisotopic (exact) mass is 376 g/mol. The van der Waals surface area contributed by atoms with E-state index in [1.54, 1.807) is 17.4 Å². The van der Waals surface area contributed by atoms with Crippen molar-refractivity contribution in [2.45, 2.75) is 26.3 Å². The van der Waals surface area contributed by atoms with Gasteiger partial charge in [0, 0.05) is 20.9 Å². The first-order chi connectivity index (χ1) is 8.47. The molecule has 0 spiro atoms. The lowest BCUT2D eigenvalue weighted by Gasteiger charge is -2.12. The van der Waals surface area contributed by atoms with Crippen LogP contribution in [0.1, 0.15) is 27.2 Å². The number of hydrogen-bond acceptors (Lipinski definition) is 3. The normalized spacial score (nSPS) is 12.7. The summed E-state index contributed by atoms with van der Waals surface area (Å²) >= 11 is 3.80. The molecule has 96 valence electrons. The van der Waals surface area contributed by atoms with Crippen molar-refractivity contribution in [3.05, 3.63) is 48.7 Å². The maximum Gasteiger partial charge on any atom is 0.124 e. The van der Waals surface area contributed by atoms with Crippen molar-refractivity contribution in [3.63, 3.8) is 0 Å². The van der Waals surface area contributed by atoms with Crippen LogP contribution in [-0.4, -0.2) is 4.98 Å². The molecule has 0 saturated heterocycles. The van der Waals surface area contributed by atoms with Crippen LogP contribution in [0.3, 0.4) is 0 Å². The molecule has 2 nitrogen and oxygen atoms in total. The summed E-state index contributed by atoms with van der Waals surface area (Å²) in [5, 5.41) is 1.04. The van der Waals surface area contributed by atoms with Crippen LogP contribution in [0.25, 0.3) is 0 Å². The van der Waals surface area contributed by atoms with E-state index in [4.69, 9.17) is 5.73 Å². The van der Waals surface area contributed by atoms with Gasteiger partial charge >= 0.3 is 0 Å². The zero-order chi connectivity index (χ0) is 13.3. The van der Waals surface area contributed by atoms with Gasteiger partial charge in [0.15, 0.2) is 0 Å². The summed E-state index contributed by atoms with van der Waals surface area (Å²) in [5.74, 6) is -0.226. The average molecular weight is 376 g/mol. The minimum atomic E-state index is -0.226. The largest absolute Gasteiger partial charge is 0.324 e. The van der Waals surface area contributed by atoms with Crippen molar-refractivity contribution < 1.29 is 4.39 Å². The van der Waals surface area contributed by atoms with Gasteiger partial charge in [-0.3, -0.25) is 0 Å². The molecule has 0 radical (unpaired) electrons. The Labute approximate surface area is 124 Å². The number of benzene rings is 1. The molecule has 5 heteroatoms. The van der Waals surface area contributed by atoms with Gasteiger partial charge in [0.25, 0.3) is 0 Å². The molecule has 2 rings (SSSR count). The molecule has 0 fully saturated rings. The Kier molecular flexibility index (Phi) is 4.34. The highest BCUT2D eigenvalue weighted by atomic mass is 127. The van der Waals surface area contributed by atoms with Crippen molar-refractivity contribution in [1.29, 1.82) is 0 Å². The lowest BCUT2D eigenvalue weighted by atomic mass is 10.1. The van der Waals surface area contributed by atoms with Gasteiger partial charge in [-0.1, -0.05) is 6.07 Å². The van der Waals surface area contributed by atoms with E-state index >= 15 is 0 Å². The third-order valence-electron chi connectivity index (χ3n) is 2.83. The summed E-state index contributed by atoms with van der Waals surface area (Å²) in [4.78, 5) is 5.71. The number of nitrogens with two attached hydrogens (primary N) is 1. The lowest BCUT2D eigenvalue weighted by Crippen LogP contribution is -2.14. The summed E-state index contributed by atoms with van der Waals surface area (Å²) in [6.45, 7) is 4.06. The second-order valence-electron chi connectivity index (χ2n) is 4.23. The maximum atomic E-state index is 13.0. The third-order valence-corrected chi connectivity index (χ3v) is 4.86. The Bertz CT molecular complexity index is 549. The fourth-order valence-electron chi connectivity index (χ4n) is 1.73. The van der Waals surface area contributed by atoms with E-state index in [2.05, 4.69) is 34.5 Å². The number of hydrogen-bond donors (Lipinski definition) is 1. The molecule has 1 atom stereocenters. The van der Waals surface area contributed by atoms with E-state index < -0.39 is 0 Å². The minimum absolute atomic E-state index is 0.137. The molecule has 0 aliphatic heterocycles. The minimum Gasteiger partial charge on any atom is -0.324 e. The van der Waals surface area contributed by atoms with Gasteiger partial charge in [-0.2, -0.15) is 0 Å². The van der Waals surface area contributed by atoms with Crippen LogP contribution in [0.5, 0.6) is 0 Å². The van der Waals surface area contributed by atoms with Gasteiger partial charge in [0.2, 0.25) is 0 Å². The highest BCUT2D eigenvalue weighted by molar-refractivity contribution is 14.1. The molecule has 1 aromatic heterocycles. The van der Waals surface area contributed by atoms with Crippen LogP contribution in [0, 0.1) is 23.2 Å². The fourth-order valence-corrected chi connectivity index (χ4v) is 3.60. The third kappa shape index (κ3) is 3.07. The van der Waals surface area contributed by atoms with Crippen LogP contribution in [0.15, 0.2) is 18.2 Å². The molecule has 2 N–H and O–H groups in total. The number of halogens is 2. The van der Waals surface area contributed by atoms with Crippen molar-refractivity contribution >= 4 is 33.9 Å². The van der Waals surface area contributed by atoms with Crippen molar-refractivity contribution in [1.82, 2.24) is 4.98 Å². The van der Waals surface area contributed by atoms with Crippen molar-refractivity contribution in [2.75, 3.05) is 0 Å². The molecule has 1 heterocycles. The van der Waals surface area contributed by atoms with Gasteiger partial charge in [-0.15, -0.1) is 11.3 Å². The van der Waals surface area contributed by atoms with E-state index in [0.717, 1.165) is 19.8 Å². The van der Waals surface area contributed by atoms with Gasteiger partial charge in [-0.25, -0.2) is 9.37 Å². The molecule has 1 aromatic carbocycles. The van der Waals surface area contributed by atoms with Crippen molar-refractivity contribution in [2.24, 2.45) is 5.73 Å². The van der Waals surface area contributed by atoms with Crippen LogP contribution in [0.2, 0.25) is 0 Å². The Morgan fingerprint density at radius 2 is 2.17 bits per heavy atom. The molecule has 2 aromatic rings. The molecular formula is C13H14FIN2S. The van der Waals surface area contributed by atoms with E-state index in [-0.39, 0.29) is 11.9 Å². The number of aromatic nitrogens is 1. The molecule has 0 amide bonds. The first-order valence-electron chi connectivity index (χ1n) is 5.61. The summed E-state index contributed by atoms with van der Waals surface area (Å²) in [5.41, 5.74) is 8.22. The number of aryl methyl sites for hydroxylation is 2. The first-order valence-corrected chi connectivity index (χ1v) is 7.50. The highest BCUT2D eigenvalue weighted by Gasteiger charge is 2.14. The Morgan fingerprint density at radius 1 is 1.44 bits per heavy atom. The topological polar surface area (TPSA) is 38.9 Å². The van der Waals surface area contributed by atoms with Crippen LogP contribution in [0.4, 0.5) is 4.39 Å². The van der Waals surface area contributed by atoms with Gasteiger partial charge in [0.05, 0.1) is 10.7 Å². The van der Waals surface area contributed by atoms with E-state index in [0.29, 0.717) is 6.42 Å². The maximum absolute atomic E-state index is 13.0. The van der Waals surface area contributed by atoms with E-state index in [1.165, 1.54) is 17.0 Å². The predicted octanol–water partition coefficient (Wildman–Crippen LogP) is 3.75. The molecule has 1 unspecified atom stereocenters. The second-order valence-corrected chi connectivity index (χ2v) is 6.68. The molecule has 0 bridgehead atoms. The van der Waals surface area contributed by atoms with E-state index in [9.17, 15) is 4.39 Å². The number of thiazole rings is 1. The fraction of sp³-hybridized carbons (Fsp3) is 0.308. The lowest BCUT2D eigenvalue weighted by molar-refractivity contribution is 0.622. The van der Waals surface area contributed by atoms with Gasteiger partial charge < -0.3 is 5.73 Å².